The molecule has 1 saturated heterocycles. The monoisotopic (exact) mass is 284 g/mol. The van der Waals surface area contributed by atoms with Crippen LogP contribution in [0.25, 0.3) is 0 Å². The summed E-state index contributed by atoms with van der Waals surface area (Å²) in [5.74, 6) is 2.25. The fraction of sp³-hybridized carbons (Fsp3) is 0.462. The molecule has 0 aliphatic carbocycles. The maximum atomic E-state index is 11.8. The molecule has 2 N–H and O–H groups in total. The third-order valence-electron chi connectivity index (χ3n) is 2.81. The number of thioether (sulfide) groups is 1. The van der Waals surface area contributed by atoms with E-state index in [2.05, 4.69) is 10.6 Å². The van der Waals surface area contributed by atoms with Gasteiger partial charge in [-0.05, 0) is 17.7 Å². The van der Waals surface area contributed by atoms with Gasteiger partial charge < -0.3 is 10.6 Å². The largest absolute Gasteiger partial charge is 0.352 e. The number of halogens is 1. The molecule has 1 aromatic carbocycles. The van der Waals surface area contributed by atoms with E-state index in [0.717, 1.165) is 23.6 Å². The standard InChI is InChI=1S/C13H17ClN2OS/c14-11-3-1-2-10(6-11)8-16-13(17)7-12-9-18-5-4-15-12/h1-3,6,12,15H,4-5,7-9H2,(H,16,17). The first-order valence-electron chi connectivity index (χ1n) is 6.06. The summed E-state index contributed by atoms with van der Waals surface area (Å²) in [6, 6.07) is 7.86. The first-order valence-corrected chi connectivity index (χ1v) is 7.59. The molecule has 1 fully saturated rings. The number of carbonyl (C=O) groups is 1. The number of hydrogen-bond donors (Lipinski definition) is 2. The van der Waals surface area contributed by atoms with Crippen molar-refractivity contribution in [1.82, 2.24) is 10.6 Å². The third-order valence-corrected chi connectivity index (χ3v) is 4.17. The van der Waals surface area contributed by atoms with Crippen LogP contribution in [0.3, 0.4) is 0 Å². The Morgan fingerprint density at radius 3 is 3.17 bits per heavy atom. The van der Waals surface area contributed by atoms with Crippen LogP contribution in [0.5, 0.6) is 0 Å². The predicted molar refractivity (Wildman–Crippen MR) is 77.0 cm³/mol. The van der Waals surface area contributed by atoms with Gasteiger partial charge >= 0.3 is 0 Å². The van der Waals surface area contributed by atoms with Gasteiger partial charge in [0, 0.05) is 42.1 Å². The van der Waals surface area contributed by atoms with Gasteiger partial charge in [-0.25, -0.2) is 0 Å². The highest BCUT2D eigenvalue weighted by Gasteiger charge is 2.16. The van der Waals surface area contributed by atoms with E-state index in [0.29, 0.717) is 24.0 Å². The topological polar surface area (TPSA) is 41.1 Å². The Balaban J connectivity index is 1.74. The molecule has 0 saturated carbocycles. The van der Waals surface area contributed by atoms with E-state index in [-0.39, 0.29) is 5.91 Å². The van der Waals surface area contributed by atoms with Gasteiger partial charge in [-0.15, -0.1) is 0 Å². The van der Waals surface area contributed by atoms with Crippen LogP contribution in [-0.4, -0.2) is 30.0 Å². The zero-order chi connectivity index (χ0) is 12.8. The van der Waals surface area contributed by atoms with Gasteiger partial charge in [0.15, 0.2) is 0 Å². The molecule has 98 valence electrons. The normalized spacial score (nSPS) is 19.5. The van der Waals surface area contributed by atoms with E-state index in [4.69, 9.17) is 11.6 Å². The minimum atomic E-state index is 0.0926. The quantitative estimate of drug-likeness (QED) is 0.889. The summed E-state index contributed by atoms with van der Waals surface area (Å²) in [7, 11) is 0. The van der Waals surface area contributed by atoms with Crippen LogP contribution < -0.4 is 10.6 Å². The van der Waals surface area contributed by atoms with Crippen molar-refractivity contribution >= 4 is 29.3 Å². The molecular formula is C13H17ClN2OS. The number of benzene rings is 1. The van der Waals surface area contributed by atoms with Crippen LogP contribution in [0.2, 0.25) is 5.02 Å². The second-order valence-corrected chi connectivity index (χ2v) is 5.92. The SMILES string of the molecule is O=C(CC1CSCCN1)NCc1cccc(Cl)c1. The summed E-state index contributed by atoms with van der Waals surface area (Å²) in [6.45, 7) is 1.54. The second-order valence-electron chi connectivity index (χ2n) is 4.34. The fourth-order valence-corrected chi connectivity index (χ4v) is 3.06. The van der Waals surface area contributed by atoms with E-state index in [1.807, 2.05) is 36.0 Å². The van der Waals surface area contributed by atoms with Crippen molar-refractivity contribution in [3.8, 4) is 0 Å². The van der Waals surface area contributed by atoms with Crippen molar-refractivity contribution in [1.29, 1.82) is 0 Å². The molecule has 1 aromatic rings. The summed E-state index contributed by atoms with van der Waals surface area (Å²) in [5.41, 5.74) is 1.03. The average Bonchev–Trinajstić information content (AvgIpc) is 2.38. The Morgan fingerprint density at radius 2 is 2.44 bits per heavy atom. The van der Waals surface area contributed by atoms with Crippen molar-refractivity contribution in [2.24, 2.45) is 0 Å². The van der Waals surface area contributed by atoms with E-state index < -0.39 is 0 Å². The van der Waals surface area contributed by atoms with Crippen molar-refractivity contribution in [3.63, 3.8) is 0 Å². The predicted octanol–water partition coefficient (Wildman–Crippen LogP) is 2.05. The molecule has 0 bridgehead atoms. The van der Waals surface area contributed by atoms with Gasteiger partial charge in [0.05, 0.1) is 0 Å². The van der Waals surface area contributed by atoms with Crippen LogP contribution in [0.4, 0.5) is 0 Å². The second kappa shape index (κ2) is 7.02. The number of carbonyl (C=O) groups excluding carboxylic acids is 1. The maximum Gasteiger partial charge on any atom is 0.221 e. The van der Waals surface area contributed by atoms with Gasteiger partial charge in [-0.1, -0.05) is 23.7 Å². The summed E-state index contributed by atoms with van der Waals surface area (Å²) in [6.07, 6.45) is 0.549. The zero-order valence-corrected chi connectivity index (χ0v) is 11.7. The molecule has 1 amide bonds. The van der Waals surface area contributed by atoms with Crippen LogP contribution in [0, 0.1) is 0 Å². The van der Waals surface area contributed by atoms with Gasteiger partial charge in [-0.2, -0.15) is 11.8 Å². The fourth-order valence-electron chi connectivity index (χ4n) is 1.89. The maximum absolute atomic E-state index is 11.8. The molecule has 5 heteroatoms. The molecule has 0 spiro atoms. The highest BCUT2D eigenvalue weighted by molar-refractivity contribution is 7.99. The summed E-state index contributed by atoms with van der Waals surface area (Å²) in [4.78, 5) is 11.8. The first kappa shape index (κ1) is 13.7. The summed E-state index contributed by atoms with van der Waals surface area (Å²) >= 11 is 7.79. The minimum Gasteiger partial charge on any atom is -0.352 e. The Labute approximate surface area is 117 Å². The summed E-state index contributed by atoms with van der Waals surface area (Å²) < 4.78 is 0. The molecule has 1 aliphatic rings. The van der Waals surface area contributed by atoms with Crippen LogP contribution in [0.15, 0.2) is 24.3 Å². The van der Waals surface area contributed by atoms with Crippen molar-refractivity contribution in [3.05, 3.63) is 34.9 Å². The molecule has 1 aliphatic heterocycles. The van der Waals surface area contributed by atoms with E-state index in [1.165, 1.54) is 0 Å². The Hall–Kier alpha value is -0.710. The Bertz CT molecular complexity index is 408. The molecule has 1 unspecified atom stereocenters. The lowest BCUT2D eigenvalue weighted by atomic mass is 10.2. The lowest BCUT2D eigenvalue weighted by molar-refractivity contribution is -0.121. The smallest absolute Gasteiger partial charge is 0.221 e. The first-order chi connectivity index (χ1) is 8.74. The number of hydrogen-bond acceptors (Lipinski definition) is 3. The molecular weight excluding hydrogens is 268 g/mol. The van der Waals surface area contributed by atoms with Crippen LogP contribution in [0.1, 0.15) is 12.0 Å². The number of nitrogens with one attached hydrogen (secondary N) is 2. The highest BCUT2D eigenvalue weighted by Crippen LogP contribution is 2.11. The van der Waals surface area contributed by atoms with Gasteiger partial charge in [0.25, 0.3) is 0 Å². The van der Waals surface area contributed by atoms with Gasteiger partial charge in [0.2, 0.25) is 5.91 Å². The molecule has 1 atom stereocenters. The third kappa shape index (κ3) is 4.52. The van der Waals surface area contributed by atoms with Crippen molar-refractivity contribution < 1.29 is 4.79 Å². The minimum absolute atomic E-state index is 0.0926. The van der Waals surface area contributed by atoms with Crippen LogP contribution in [-0.2, 0) is 11.3 Å². The molecule has 0 radical (unpaired) electrons. The van der Waals surface area contributed by atoms with Crippen LogP contribution >= 0.6 is 23.4 Å². The van der Waals surface area contributed by atoms with E-state index >= 15 is 0 Å². The molecule has 0 aromatic heterocycles. The average molecular weight is 285 g/mol. The highest BCUT2D eigenvalue weighted by atomic mass is 35.5. The molecule has 18 heavy (non-hydrogen) atoms. The van der Waals surface area contributed by atoms with E-state index in [9.17, 15) is 4.79 Å². The Morgan fingerprint density at radius 1 is 1.56 bits per heavy atom. The molecule has 1 heterocycles. The molecule has 3 nitrogen and oxygen atoms in total. The zero-order valence-electron chi connectivity index (χ0n) is 10.1. The van der Waals surface area contributed by atoms with Crippen molar-refractivity contribution in [2.45, 2.75) is 19.0 Å². The van der Waals surface area contributed by atoms with Crippen molar-refractivity contribution in [2.75, 3.05) is 18.1 Å². The number of rotatable bonds is 4. The summed E-state index contributed by atoms with van der Waals surface area (Å²) in [5, 5.41) is 6.98. The lowest BCUT2D eigenvalue weighted by Crippen LogP contribution is -2.41. The number of amides is 1. The molecule has 2 rings (SSSR count). The van der Waals surface area contributed by atoms with E-state index in [1.54, 1.807) is 0 Å². The lowest BCUT2D eigenvalue weighted by Gasteiger charge is -2.22. The Kier molecular flexibility index (Phi) is 5.35. The van der Waals surface area contributed by atoms with Gasteiger partial charge in [0.1, 0.15) is 0 Å². The van der Waals surface area contributed by atoms with Gasteiger partial charge in [-0.3, -0.25) is 4.79 Å².